The Balaban J connectivity index is 1.53. The summed E-state index contributed by atoms with van der Waals surface area (Å²) in [6.07, 6.45) is 1.09. The maximum absolute atomic E-state index is 13.3. The van der Waals surface area contributed by atoms with Crippen LogP contribution in [0.25, 0.3) is 10.9 Å². The van der Waals surface area contributed by atoms with Gasteiger partial charge in [-0.3, -0.25) is 9.59 Å². The number of hydrogen-bond acceptors (Lipinski definition) is 6. The molecule has 1 fully saturated rings. The van der Waals surface area contributed by atoms with Gasteiger partial charge in [-0.15, -0.1) is 0 Å². The summed E-state index contributed by atoms with van der Waals surface area (Å²) in [4.78, 5) is 34.8. The summed E-state index contributed by atoms with van der Waals surface area (Å²) < 4.78 is 16.8. The minimum absolute atomic E-state index is 0.0423. The lowest BCUT2D eigenvalue weighted by molar-refractivity contribution is -0.140. The molecule has 1 amide bonds. The fraction of sp³-hybridized carbons (Fsp3) is 0.375. The number of amides is 1. The number of methoxy groups -OCH3 is 1. The normalized spacial score (nSPS) is 16.6. The Kier molecular flexibility index (Phi) is 6.70. The fourth-order valence-electron chi connectivity index (χ4n) is 3.82. The fourth-order valence-corrected chi connectivity index (χ4v) is 3.82. The second kappa shape index (κ2) is 9.82. The van der Waals surface area contributed by atoms with Crippen LogP contribution in [-0.2, 0) is 16.1 Å². The lowest BCUT2D eigenvalue weighted by Gasteiger charge is -2.28. The largest absolute Gasteiger partial charge is 0.497 e. The van der Waals surface area contributed by atoms with Crippen molar-refractivity contribution < 1.29 is 19.0 Å². The molecule has 0 radical (unpaired) electrons. The number of carbonyl (C=O) groups excluding carboxylic acids is 1. The van der Waals surface area contributed by atoms with Gasteiger partial charge in [0.2, 0.25) is 0 Å². The van der Waals surface area contributed by atoms with Gasteiger partial charge >= 0.3 is 0 Å². The van der Waals surface area contributed by atoms with Gasteiger partial charge in [-0.1, -0.05) is 12.1 Å². The van der Waals surface area contributed by atoms with Crippen molar-refractivity contribution in [3.63, 3.8) is 0 Å². The number of benzene rings is 2. The molecule has 4 rings (SSSR count). The first-order chi connectivity index (χ1) is 15.5. The van der Waals surface area contributed by atoms with Crippen LogP contribution < -0.4 is 15.0 Å². The highest BCUT2D eigenvalue weighted by molar-refractivity contribution is 5.81. The summed E-state index contributed by atoms with van der Waals surface area (Å²) in [5.41, 5.74) is 0.371. The third-order valence-electron chi connectivity index (χ3n) is 5.48. The standard InChI is InChI=1S/C24H27N3O5/c1-16(32-18-11-9-17(30-2)10-12-18)24(29)27(14-19-6-5-13-31-19)15-22-25-21-8-4-3-7-20(21)23(28)26-22/h3-4,7-12,16,19H,5-6,13-15H2,1-2H3,(H,25,26,28)/t16-,19-/m0/s1. The number of hydrogen-bond donors (Lipinski definition) is 1. The lowest BCUT2D eigenvalue weighted by atomic mass is 10.2. The Bertz CT molecular complexity index is 1120. The first kappa shape index (κ1) is 21.8. The summed E-state index contributed by atoms with van der Waals surface area (Å²) in [6, 6.07) is 14.2. The number of aromatic nitrogens is 2. The van der Waals surface area contributed by atoms with E-state index < -0.39 is 6.10 Å². The van der Waals surface area contributed by atoms with Crippen LogP contribution in [0.15, 0.2) is 53.3 Å². The number of carbonyl (C=O) groups is 1. The average molecular weight is 437 g/mol. The molecule has 2 atom stereocenters. The summed E-state index contributed by atoms with van der Waals surface area (Å²) in [5.74, 6) is 1.51. The van der Waals surface area contributed by atoms with Crippen molar-refractivity contribution in [1.82, 2.24) is 14.9 Å². The second-order valence-electron chi connectivity index (χ2n) is 7.82. The van der Waals surface area contributed by atoms with E-state index in [9.17, 15) is 9.59 Å². The molecule has 8 nitrogen and oxygen atoms in total. The van der Waals surface area contributed by atoms with E-state index in [0.717, 1.165) is 12.8 Å². The Labute approximate surface area is 186 Å². The number of fused-ring (bicyclic) bond motifs is 1. The topological polar surface area (TPSA) is 93.8 Å². The monoisotopic (exact) mass is 437 g/mol. The van der Waals surface area contributed by atoms with Gasteiger partial charge < -0.3 is 24.1 Å². The summed E-state index contributed by atoms with van der Waals surface area (Å²) in [7, 11) is 1.59. The number of nitrogens with one attached hydrogen (secondary N) is 1. The lowest BCUT2D eigenvalue weighted by Crippen LogP contribution is -2.44. The highest BCUT2D eigenvalue weighted by Gasteiger charge is 2.27. The van der Waals surface area contributed by atoms with E-state index in [1.54, 1.807) is 61.4 Å². The Morgan fingerprint density at radius 3 is 2.69 bits per heavy atom. The van der Waals surface area contributed by atoms with Crippen molar-refractivity contribution in [3.05, 3.63) is 64.7 Å². The molecular formula is C24H27N3O5. The number of H-pyrrole nitrogens is 1. The number of ether oxygens (including phenoxy) is 3. The van der Waals surface area contributed by atoms with Crippen molar-refractivity contribution in [2.45, 2.75) is 38.5 Å². The van der Waals surface area contributed by atoms with Crippen LogP contribution in [0.2, 0.25) is 0 Å². The molecule has 3 aromatic rings. The first-order valence-electron chi connectivity index (χ1n) is 10.7. The van der Waals surface area contributed by atoms with Crippen LogP contribution in [0.3, 0.4) is 0 Å². The molecule has 1 N–H and O–H groups in total. The van der Waals surface area contributed by atoms with E-state index in [0.29, 0.717) is 41.4 Å². The maximum Gasteiger partial charge on any atom is 0.263 e. The molecule has 0 aliphatic carbocycles. The quantitative estimate of drug-likeness (QED) is 0.582. The van der Waals surface area contributed by atoms with Gasteiger partial charge in [0.25, 0.3) is 11.5 Å². The molecule has 0 unspecified atom stereocenters. The smallest absolute Gasteiger partial charge is 0.263 e. The van der Waals surface area contributed by atoms with E-state index in [1.807, 2.05) is 6.07 Å². The zero-order valence-corrected chi connectivity index (χ0v) is 18.2. The molecule has 8 heteroatoms. The van der Waals surface area contributed by atoms with E-state index in [-0.39, 0.29) is 24.1 Å². The van der Waals surface area contributed by atoms with Crippen molar-refractivity contribution in [1.29, 1.82) is 0 Å². The molecule has 168 valence electrons. The minimum Gasteiger partial charge on any atom is -0.497 e. The molecule has 1 aliphatic rings. The number of para-hydroxylation sites is 1. The van der Waals surface area contributed by atoms with Gasteiger partial charge in [-0.05, 0) is 56.2 Å². The van der Waals surface area contributed by atoms with Crippen LogP contribution in [0.5, 0.6) is 11.5 Å². The molecule has 2 aromatic carbocycles. The van der Waals surface area contributed by atoms with Gasteiger partial charge in [0.05, 0.1) is 30.7 Å². The summed E-state index contributed by atoms with van der Waals surface area (Å²) >= 11 is 0. The zero-order chi connectivity index (χ0) is 22.5. The molecule has 1 aliphatic heterocycles. The molecule has 2 heterocycles. The number of nitrogens with zero attached hydrogens (tertiary/aromatic N) is 2. The highest BCUT2D eigenvalue weighted by atomic mass is 16.5. The number of aromatic amines is 1. The van der Waals surface area contributed by atoms with Gasteiger partial charge in [0, 0.05) is 13.2 Å². The van der Waals surface area contributed by atoms with Crippen LogP contribution in [0.4, 0.5) is 0 Å². The Hall–Kier alpha value is -3.39. The van der Waals surface area contributed by atoms with Gasteiger partial charge in [-0.25, -0.2) is 4.98 Å². The maximum atomic E-state index is 13.3. The molecule has 0 bridgehead atoms. The molecule has 1 aromatic heterocycles. The van der Waals surface area contributed by atoms with Crippen LogP contribution >= 0.6 is 0 Å². The first-order valence-corrected chi connectivity index (χ1v) is 10.7. The number of rotatable bonds is 8. The van der Waals surface area contributed by atoms with Crippen LogP contribution in [0.1, 0.15) is 25.6 Å². The predicted octanol–water partition coefficient (Wildman–Crippen LogP) is 2.91. The molecule has 1 saturated heterocycles. The van der Waals surface area contributed by atoms with Gasteiger partial charge in [-0.2, -0.15) is 0 Å². The highest BCUT2D eigenvalue weighted by Crippen LogP contribution is 2.20. The van der Waals surface area contributed by atoms with E-state index in [4.69, 9.17) is 14.2 Å². The average Bonchev–Trinajstić information content (AvgIpc) is 3.32. The third kappa shape index (κ3) is 5.08. The van der Waals surface area contributed by atoms with Crippen molar-refractivity contribution in [2.24, 2.45) is 0 Å². The SMILES string of the molecule is COc1ccc(O[C@@H](C)C(=O)N(Cc2nc3ccccc3c(=O)[nH]2)C[C@@H]2CCCO2)cc1. The summed E-state index contributed by atoms with van der Waals surface area (Å²) in [5, 5.41) is 0.518. The van der Waals surface area contributed by atoms with Gasteiger partial charge in [0.1, 0.15) is 17.3 Å². The van der Waals surface area contributed by atoms with Crippen LogP contribution in [0, 0.1) is 0 Å². The van der Waals surface area contributed by atoms with Crippen molar-refractivity contribution in [3.8, 4) is 11.5 Å². The molecule has 32 heavy (non-hydrogen) atoms. The molecule has 0 saturated carbocycles. The van der Waals surface area contributed by atoms with E-state index in [2.05, 4.69) is 9.97 Å². The van der Waals surface area contributed by atoms with E-state index in [1.165, 1.54) is 0 Å². The Morgan fingerprint density at radius 2 is 1.97 bits per heavy atom. The van der Waals surface area contributed by atoms with E-state index >= 15 is 0 Å². The third-order valence-corrected chi connectivity index (χ3v) is 5.48. The Morgan fingerprint density at radius 1 is 1.22 bits per heavy atom. The minimum atomic E-state index is -0.725. The van der Waals surface area contributed by atoms with Crippen LogP contribution in [-0.4, -0.2) is 53.2 Å². The zero-order valence-electron chi connectivity index (χ0n) is 18.2. The second-order valence-corrected chi connectivity index (χ2v) is 7.82. The van der Waals surface area contributed by atoms with Crippen molar-refractivity contribution in [2.75, 3.05) is 20.3 Å². The molecule has 0 spiro atoms. The summed E-state index contributed by atoms with van der Waals surface area (Å²) in [6.45, 7) is 2.97. The molecular weight excluding hydrogens is 410 g/mol. The van der Waals surface area contributed by atoms with Crippen molar-refractivity contribution >= 4 is 16.8 Å². The van der Waals surface area contributed by atoms with Gasteiger partial charge in [0.15, 0.2) is 6.10 Å². The predicted molar refractivity (Wildman–Crippen MR) is 120 cm³/mol.